The smallest absolute Gasteiger partial charge is 0.241 e. The molecule has 4 nitrogen and oxygen atoms in total. The number of benzene rings is 3. The first kappa shape index (κ1) is 18.8. The molecule has 0 aliphatic carbocycles. The molecule has 0 aliphatic heterocycles. The van der Waals surface area contributed by atoms with Crippen LogP contribution in [0.3, 0.4) is 0 Å². The molecule has 0 bridgehead atoms. The summed E-state index contributed by atoms with van der Waals surface area (Å²) in [6.07, 6.45) is 0. The number of nitrogens with one attached hydrogen (secondary N) is 1. The molecule has 0 fully saturated rings. The minimum absolute atomic E-state index is 0.0208. The van der Waals surface area contributed by atoms with E-state index in [0.29, 0.717) is 17.8 Å². The average Bonchev–Trinajstić information content (AvgIpc) is 2.67. The predicted octanol–water partition coefficient (Wildman–Crippen LogP) is 4.50. The molecule has 0 saturated carbocycles. The number of nitrogens with zero attached hydrogens (tertiary/aromatic N) is 1. The van der Waals surface area contributed by atoms with E-state index in [-0.39, 0.29) is 17.7 Å². The van der Waals surface area contributed by atoms with E-state index in [9.17, 15) is 9.59 Å². The summed E-state index contributed by atoms with van der Waals surface area (Å²) in [7, 11) is 1.94. The Balaban J connectivity index is 1.66. The number of Topliss-reactive ketones (excluding diaryl/α,β-unsaturated/α-hetero) is 1. The molecule has 0 heterocycles. The Morgan fingerprint density at radius 1 is 0.963 bits per heavy atom. The van der Waals surface area contributed by atoms with Crippen molar-refractivity contribution in [3.05, 3.63) is 77.9 Å². The van der Waals surface area contributed by atoms with Crippen LogP contribution in [0.5, 0.6) is 0 Å². The topological polar surface area (TPSA) is 49.4 Å². The molecule has 1 N–H and O–H groups in total. The molecule has 0 spiro atoms. The standard InChI is InChI=1S/C23H24N2O2/c1-16(23(27)24-22-10-6-9-20(14-22)17(2)26)25(3)15-18-11-12-19-7-4-5-8-21(19)13-18/h4-14,16H,15H2,1-3H3,(H,24,27)/t16-/m1/s1. The number of rotatable bonds is 6. The molecule has 3 rings (SSSR count). The number of anilines is 1. The zero-order chi connectivity index (χ0) is 19.4. The van der Waals surface area contributed by atoms with Crippen molar-refractivity contribution in [2.45, 2.75) is 26.4 Å². The van der Waals surface area contributed by atoms with E-state index >= 15 is 0 Å². The van der Waals surface area contributed by atoms with E-state index < -0.39 is 0 Å². The van der Waals surface area contributed by atoms with E-state index in [1.807, 2.05) is 31.0 Å². The lowest BCUT2D eigenvalue weighted by molar-refractivity contribution is -0.120. The highest BCUT2D eigenvalue weighted by Crippen LogP contribution is 2.18. The van der Waals surface area contributed by atoms with Gasteiger partial charge in [0.1, 0.15) is 0 Å². The zero-order valence-electron chi connectivity index (χ0n) is 15.9. The maximum atomic E-state index is 12.6. The van der Waals surface area contributed by atoms with Gasteiger partial charge >= 0.3 is 0 Å². The lowest BCUT2D eigenvalue weighted by atomic mass is 10.1. The highest BCUT2D eigenvalue weighted by molar-refractivity contribution is 5.98. The number of hydrogen-bond acceptors (Lipinski definition) is 3. The van der Waals surface area contributed by atoms with Gasteiger partial charge in [-0.3, -0.25) is 14.5 Å². The van der Waals surface area contributed by atoms with Crippen LogP contribution in [-0.4, -0.2) is 29.7 Å². The van der Waals surface area contributed by atoms with Crippen molar-refractivity contribution in [3.63, 3.8) is 0 Å². The first-order valence-electron chi connectivity index (χ1n) is 9.04. The Morgan fingerprint density at radius 2 is 1.70 bits per heavy atom. The van der Waals surface area contributed by atoms with E-state index in [1.165, 1.54) is 17.7 Å². The first-order valence-corrected chi connectivity index (χ1v) is 9.04. The molecule has 0 saturated heterocycles. The van der Waals surface area contributed by atoms with Crippen LogP contribution in [0.1, 0.15) is 29.8 Å². The van der Waals surface area contributed by atoms with Crippen molar-refractivity contribution in [1.82, 2.24) is 4.90 Å². The molecule has 0 aliphatic rings. The van der Waals surface area contributed by atoms with Gasteiger partial charge in [0.25, 0.3) is 0 Å². The lowest BCUT2D eigenvalue weighted by Crippen LogP contribution is -2.39. The van der Waals surface area contributed by atoms with Crippen LogP contribution in [0.25, 0.3) is 10.8 Å². The number of likely N-dealkylation sites (N-methyl/N-ethyl adjacent to an activating group) is 1. The first-order chi connectivity index (χ1) is 12.9. The van der Waals surface area contributed by atoms with Gasteiger partial charge in [-0.25, -0.2) is 0 Å². The van der Waals surface area contributed by atoms with Gasteiger partial charge in [-0.1, -0.05) is 48.5 Å². The maximum absolute atomic E-state index is 12.6. The van der Waals surface area contributed by atoms with Gasteiger partial charge < -0.3 is 5.32 Å². The summed E-state index contributed by atoms with van der Waals surface area (Å²) in [6, 6.07) is 21.3. The van der Waals surface area contributed by atoms with Gasteiger partial charge in [0.2, 0.25) is 5.91 Å². The molecule has 1 amide bonds. The quantitative estimate of drug-likeness (QED) is 0.659. The van der Waals surface area contributed by atoms with Gasteiger partial charge in [-0.2, -0.15) is 0 Å². The fourth-order valence-corrected chi connectivity index (χ4v) is 3.02. The summed E-state index contributed by atoms with van der Waals surface area (Å²) in [5.41, 5.74) is 2.39. The van der Waals surface area contributed by atoms with Crippen molar-refractivity contribution >= 4 is 28.2 Å². The number of carbonyl (C=O) groups excluding carboxylic acids is 2. The minimum Gasteiger partial charge on any atom is -0.325 e. The molecule has 1 atom stereocenters. The number of hydrogen-bond donors (Lipinski definition) is 1. The summed E-state index contributed by atoms with van der Waals surface area (Å²) in [5, 5.41) is 5.30. The third-order valence-electron chi connectivity index (χ3n) is 4.82. The largest absolute Gasteiger partial charge is 0.325 e. The molecule has 138 valence electrons. The summed E-state index contributed by atoms with van der Waals surface area (Å²) in [4.78, 5) is 26.1. The Hall–Kier alpha value is -2.98. The van der Waals surface area contributed by atoms with Crippen LogP contribution in [0, 0.1) is 0 Å². The number of fused-ring (bicyclic) bond motifs is 1. The minimum atomic E-state index is -0.308. The Kier molecular flexibility index (Phi) is 5.67. The summed E-state index contributed by atoms with van der Waals surface area (Å²) < 4.78 is 0. The maximum Gasteiger partial charge on any atom is 0.241 e. The van der Waals surface area contributed by atoms with E-state index in [0.717, 1.165) is 5.56 Å². The monoisotopic (exact) mass is 360 g/mol. The second-order valence-corrected chi connectivity index (χ2v) is 6.90. The van der Waals surface area contributed by atoms with Crippen molar-refractivity contribution < 1.29 is 9.59 Å². The van der Waals surface area contributed by atoms with Gasteiger partial charge in [0.15, 0.2) is 5.78 Å². The lowest BCUT2D eigenvalue weighted by Gasteiger charge is -2.24. The van der Waals surface area contributed by atoms with Crippen molar-refractivity contribution in [1.29, 1.82) is 0 Å². The number of amides is 1. The SMILES string of the molecule is CC(=O)c1cccc(NC(=O)[C@@H](C)N(C)Cc2ccc3ccccc3c2)c1. The van der Waals surface area contributed by atoms with Crippen molar-refractivity contribution in [2.75, 3.05) is 12.4 Å². The van der Waals surface area contributed by atoms with Crippen LogP contribution in [-0.2, 0) is 11.3 Å². The Labute approximate surface area is 159 Å². The van der Waals surface area contributed by atoms with E-state index in [1.54, 1.807) is 24.3 Å². The van der Waals surface area contributed by atoms with Crippen LogP contribution >= 0.6 is 0 Å². The number of carbonyl (C=O) groups is 2. The summed E-state index contributed by atoms with van der Waals surface area (Å²) >= 11 is 0. The fraction of sp³-hybridized carbons (Fsp3) is 0.217. The van der Waals surface area contributed by atoms with Gasteiger partial charge in [-0.15, -0.1) is 0 Å². The molecule has 3 aromatic rings. The van der Waals surface area contributed by atoms with Crippen LogP contribution < -0.4 is 5.32 Å². The van der Waals surface area contributed by atoms with Crippen LogP contribution in [0.15, 0.2) is 66.7 Å². The molecular formula is C23H24N2O2. The zero-order valence-corrected chi connectivity index (χ0v) is 15.9. The van der Waals surface area contributed by atoms with Crippen LogP contribution in [0.4, 0.5) is 5.69 Å². The molecule has 3 aromatic carbocycles. The molecule has 4 heteroatoms. The highest BCUT2D eigenvalue weighted by atomic mass is 16.2. The van der Waals surface area contributed by atoms with Crippen molar-refractivity contribution in [2.24, 2.45) is 0 Å². The number of ketones is 1. The molecule has 0 radical (unpaired) electrons. The second-order valence-electron chi connectivity index (χ2n) is 6.90. The Morgan fingerprint density at radius 3 is 2.44 bits per heavy atom. The van der Waals surface area contributed by atoms with E-state index in [4.69, 9.17) is 0 Å². The molecule has 0 unspecified atom stereocenters. The van der Waals surface area contributed by atoms with Crippen molar-refractivity contribution in [3.8, 4) is 0 Å². The van der Waals surface area contributed by atoms with Crippen LogP contribution in [0.2, 0.25) is 0 Å². The highest BCUT2D eigenvalue weighted by Gasteiger charge is 2.18. The molecule has 0 aromatic heterocycles. The fourth-order valence-electron chi connectivity index (χ4n) is 3.02. The second kappa shape index (κ2) is 8.14. The molecular weight excluding hydrogens is 336 g/mol. The predicted molar refractivity (Wildman–Crippen MR) is 110 cm³/mol. The van der Waals surface area contributed by atoms with E-state index in [2.05, 4.69) is 35.6 Å². The van der Waals surface area contributed by atoms with Gasteiger partial charge in [-0.05, 0) is 55.4 Å². The third kappa shape index (κ3) is 4.60. The Bertz CT molecular complexity index is 981. The van der Waals surface area contributed by atoms with Gasteiger partial charge in [0.05, 0.1) is 6.04 Å². The third-order valence-corrected chi connectivity index (χ3v) is 4.82. The summed E-state index contributed by atoms with van der Waals surface area (Å²) in [6.45, 7) is 4.07. The summed E-state index contributed by atoms with van der Waals surface area (Å²) in [5.74, 6) is -0.119. The average molecular weight is 360 g/mol. The molecule has 27 heavy (non-hydrogen) atoms. The van der Waals surface area contributed by atoms with Gasteiger partial charge in [0, 0.05) is 17.8 Å². The normalized spacial score (nSPS) is 12.1.